The highest BCUT2D eigenvalue weighted by Gasteiger charge is 2.08. The standard InChI is InChI=1S/C16H8ClN3/c17-14-3-1-10(2-4-14)15-6-11-5-12(8-18)13(9-19)7-16(11)20-15/h1-7,20H. The number of nitriles is 2. The van der Waals surface area contributed by atoms with Gasteiger partial charge in [0.2, 0.25) is 0 Å². The molecule has 2 aromatic carbocycles. The lowest BCUT2D eigenvalue weighted by atomic mass is 10.1. The summed E-state index contributed by atoms with van der Waals surface area (Å²) in [6.07, 6.45) is 0. The number of halogens is 1. The molecule has 0 amide bonds. The number of aromatic nitrogens is 1. The fourth-order valence-electron chi connectivity index (χ4n) is 2.15. The third-order valence-electron chi connectivity index (χ3n) is 3.15. The summed E-state index contributed by atoms with van der Waals surface area (Å²) in [4.78, 5) is 3.25. The third-order valence-corrected chi connectivity index (χ3v) is 3.41. The van der Waals surface area contributed by atoms with Gasteiger partial charge in [-0.3, -0.25) is 0 Å². The fraction of sp³-hybridized carbons (Fsp3) is 0. The van der Waals surface area contributed by atoms with Crippen LogP contribution in [0.4, 0.5) is 0 Å². The van der Waals surface area contributed by atoms with Crippen LogP contribution in [0.5, 0.6) is 0 Å². The van der Waals surface area contributed by atoms with Crippen LogP contribution < -0.4 is 0 Å². The van der Waals surface area contributed by atoms with E-state index in [-0.39, 0.29) is 0 Å². The van der Waals surface area contributed by atoms with Crippen molar-refractivity contribution < 1.29 is 0 Å². The molecule has 0 aliphatic heterocycles. The average molecular weight is 278 g/mol. The molecule has 3 nitrogen and oxygen atoms in total. The van der Waals surface area contributed by atoms with Crippen LogP contribution in [-0.2, 0) is 0 Å². The van der Waals surface area contributed by atoms with Crippen molar-refractivity contribution in [2.24, 2.45) is 0 Å². The number of H-pyrrole nitrogens is 1. The molecule has 0 bridgehead atoms. The zero-order valence-corrected chi connectivity index (χ0v) is 11.1. The SMILES string of the molecule is N#Cc1cc2cc(-c3ccc(Cl)cc3)[nH]c2cc1C#N. The molecule has 1 aromatic heterocycles. The van der Waals surface area contributed by atoms with E-state index in [1.165, 1.54) is 0 Å². The molecule has 0 saturated heterocycles. The van der Waals surface area contributed by atoms with Gasteiger partial charge in [0.15, 0.2) is 0 Å². The van der Waals surface area contributed by atoms with Gasteiger partial charge in [0.25, 0.3) is 0 Å². The molecule has 94 valence electrons. The Kier molecular flexibility index (Phi) is 2.91. The molecule has 0 fully saturated rings. The van der Waals surface area contributed by atoms with Crippen molar-refractivity contribution in [3.63, 3.8) is 0 Å². The predicted octanol–water partition coefficient (Wildman–Crippen LogP) is 4.23. The van der Waals surface area contributed by atoms with Gasteiger partial charge in [-0.1, -0.05) is 23.7 Å². The molecule has 1 N–H and O–H groups in total. The lowest BCUT2D eigenvalue weighted by molar-refractivity contribution is 1.42. The minimum absolute atomic E-state index is 0.379. The van der Waals surface area contributed by atoms with Crippen LogP contribution in [-0.4, -0.2) is 4.98 Å². The summed E-state index contributed by atoms with van der Waals surface area (Å²) in [7, 11) is 0. The quantitative estimate of drug-likeness (QED) is 0.723. The van der Waals surface area contributed by atoms with Gasteiger partial charge in [0.1, 0.15) is 12.1 Å². The second kappa shape index (κ2) is 4.74. The maximum absolute atomic E-state index is 9.04. The van der Waals surface area contributed by atoms with Gasteiger partial charge in [0, 0.05) is 21.6 Å². The number of hydrogen-bond donors (Lipinski definition) is 1. The summed E-state index contributed by atoms with van der Waals surface area (Å²) in [5.41, 5.74) is 3.54. The van der Waals surface area contributed by atoms with E-state index in [2.05, 4.69) is 4.98 Å². The first-order valence-corrected chi connectivity index (χ1v) is 6.32. The molecule has 0 atom stereocenters. The minimum atomic E-state index is 0.379. The van der Waals surface area contributed by atoms with Crippen LogP contribution >= 0.6 is 11.6 Å². The topological polar surface area (TPSA) is 63.4 Å². The first-order valence-electron chi connectivity index (χ1n) is 5.94. The van der Waals surface area contributed by atoms with Crippen LogP contribution in [0.1, 0.15) is 11.1 Å². The van der Waals surface area contributed by atoms with Gasteiger partial charge in [-0.05, 0) is 35.9 Å². The fourth-order valence-corrected chi connectivity index (χ4v) is 2.28. The van der Waals surface area contributed by atoms with Crippen LogP contribution in [0.15, 0.2) is 42.5 Å². The number of nitrogens with one attached hydrogen (secondary N) is 1. The Morgan fingerprint density at radius 3 is 2.20 bits per heavy atom. The van der Waals surface area contributed by atoms with E-state index >= 15 is 0 Å². The van der Waals surface area contributed by atoms with Crippen molar-refractivity contribution in [3.05, 3.63) is 58.6 Å². The third kappa shape index (κ3) is 2.01. The molecule has 3 rings (SSSR count). The molecule has 1 heterocycles. The van der Waals surface area contributed by atoms with E-state index in [1.54, 1.807) is 12.1 Å². The monoisotopic (exact) mass is 277 g/mol. The number of hydrogen-bond acceptors (Lipinski definition) is 2. The molecule has 0 aliphatic rings. The van der Waals surface area contributed by atoms with Gasteiger partial charge < -0.3 is 4.98 Å². The number of rotatable bonds is 1. The molecular weight excluding hydrogens is 270 g/mol. The van der Waals surface area contributed by atoms with Gasteiger partial charge in [0.05, 0.1) is 11.1 Å². The Hall–Kier alpha value is -2.75. The normalized spacial score (nSPS) is 10.2. The smallest absolute Gasteiger partial charge is 0.101 e. The summed E-state index contributed by atoms with van der Waals surface area (Å²) in [6.45, 7) is 0. The van der Waals surface area contributed by atoms with Crippen molar-refractivity contribution in [3.8, 4) is 23.4 Å². The predicted molar refractivity (Wildman–Crippen MR) is 78.2 cm³/mol. The number of nitrogens with zero attached hydrogens (tertiary/aromatic N) is 2. The van der Waals surface area contributed by atoms with Gasteiger partial charge >= 0.3 is 0 Å². The molecule has 0 unspecified atom stereocenters. The Morgan fingerprint density at radius 1 is 0.900 bits per heavy atom. The Labute approximate surface area is 120 Å². The van der Waals surface area contributed by atoms with Crippen LogP contribution in [0.25, 0.3) is 22.2 Å². The highest BCUT2D eigenvalue weighted by atomic mass is 35.5. The number of benzene rings is 2. The lowest BCUT2D eigenvalue weighted by Gasteiger charge is -1.97. The summed E-state index contributed by atoms with van der Waals surface area (Å²) < 4.78 is 0. The van der Waals surface area contributed by atoms with E-state index < -0.39 is 0 Å². The van der Waals surface area contributed by atoms with Crippen molar-refractivity contribution in [1.29, 1.82) is 10.5 Å². The molecule has 3 aromatic rings. The first kappa shape index (κ1) is 12.3. The summed E-state index contributed by atoms with van der Waals surface area (Å²) in [5, 5.41) is 19.7. The molecular formula is C16H8ClN3. The van der Waals surface area contributed by atoms with Gasteiger partial charge in [-0.25, -0.2) is 0 Å². The minimum Gasteiger partial charge on any atom is -0.354 e. The molecule has 4 heteroatoms. The van der Waals surface area contributed by atoms with Crippen LogP contribution in [0.2, 0.25) is 5.02 Å². The van der Waals surface area contributed by atoms with E-state index in [0.29, 0.717) is 16.1 Å². The van der Waals surface area contributed by atoms with E-state index in [4.69, 9.17) is 22.1 Å². The highest BCUT2D eigenvalue weighted by Crippen LogP contribution is 2.27. The lowest BCUT2D eigenvalue weighted by Crippen LogP contribution is -1.83. The summed E-state index contributed by atoms with van der Waals surface area (Å²) in [5.74, 6) is 0. The zero-order chi connectivity index (χ0) is 14.1. The maximum atomic E-state index is 9.04. The summed E-state index contributed by atoms with van der Waals surface area (Å²) in [6, 6.07) is 16.9. The van der Waals surface area contributed by atoms with E-state index in [1.807, 2.05) is 42.5 Å². The molecule has 0 radical (unpaired) electrons. The van der Waals surface area contributed by atoms with Gasteiger partial charge in [-0.15, -0.1) is 0 Å². The van der Waals surface area contributed by atoms with Crippen molar-refractivity contribution in [2.75, 3.05) is 0 Å². The zero-order valence-electron chi connectivity index (χ0n) is 10.3. The second-order valence-corrected chi connectivity index (χ2v) is 4.83. The second-order valence-electron chi connectivity index (χ2n) is 4.40. The Morgan fingerprint density at radius 2 is 1.55 bits per heavy atom. The maximum Gasteiger partial charge on any atom is 0.101 e. The molecule has 0 spiro atoms. The van der Waals surface area contributed by atoms with Crippen molar-refractivity contribution in [1.82, 2.24) is 4.98 Å². The first-order chi connectivity index (χ1) is 9.71. The van der Waals surface area contributed by atoms with Crippen LogP contribution in [0.3, 0.4) is 0 Å². The molecule has 0 aliphatic carbocycles. The number of aromatic amines is 1. The summed E-state index contributed by atoms with van der Waals surface area (Å²) >= 11 is 5.87. The van der Waals surface area contributed by atoms with Crippen molar-refractivity contribution >= 4 is 22.5 Å². The van der Waals surface area contributed by atoms with Gasteiger partial charge in [-0.2, -0.15) is 10.5 Å². The highest BCUT2D eigenvalue weighted by molar-refractivity contribution is 6.30. The van der Waals surface area contributed by atoms with Crippen molar-refractivity contribution in [2.45, 2.75) is 0 Å². The van der Waals surface area contributed by atoms with E-state index in [0.717, 1.165) is 22.2 Å². The number of fused-ring (bicyclic) bond motifs is 1. The molecule has 0 saturated carbocycles. The average Bonchev–Trinajstić information content (AvgIpc) is 2.89. The Balaban J connectivity index is 2.19. The largest absolute Gasteiger partial charge is 0.354 e. The molecule has 20 heavy (non-hydrogen) atoms. The van der Waals surface area contributed by atoms with Crippen LogP contribution in [0, 0.1) is 22.7 Å². The Bertz CT molecular complexity index is 826. The van der Waals surface area contributed by atoms with E-state index in [9.17, 15) is 0 Å².